The number of aryl methyl sites for hydroxylation is 2. The van der Waals surface area contributed by atoms with Crippen molar-refractivity contribution in [3.63, 3.8) is 0 Å². The van der Waals surface area contributed by atoms with Gasteiger partial charge in [-0.2, -0.15) is 5.10 Å². The van der Waals surface area contributed by atoms with Crippen LogP contribution in [0.1, 0.15) is 25.1 Å². The molecule has 0 bridgehead atoms. The highest BCUT2D eigenvalue weighted by Crippen LogP contribution is 2.20. The van der Waals surface area contributed by atoms with Crippen LogP contribution in [0, 0.1) is 6.92 Å². The van der Waals surface area contributed by atoms with Gasteiger partial charge in [0.05, 0.1) is 18.4 Å². The molecule has 0 radical (unpaired) electrons. The lowest BCUT2D eigenvalue weighted by Crippen LogP contribution is -2.46. The topological polar surface area (TPSA) is 42.3 Å². The Kier molecular flexibility index (Phi) is 4.76. The van der Waals surface area contributed by atoms with Crippen LogP contribution < -0.4 is 10.1 Å². The molecule has 0 atom stereocenters. The summed E-state index contributed by atoms with van der Waals surface area (Å²) in [5.74, 6) is 0.836. The van der Waals surface area contributed by atoms with E-state index in [1.165, 1.54) is 0 Å². The maximum Gasteiger partial charge on any atom is 0.216 e. The molecule has 0 aromatic carbocycles. The van der Waals surface area contributed by atoms with Gasteiger partial charge in [0.2, 0.25) is 5.88 Å². The number of nitrogens with zero attached hydrogens (tertiary/aromatic N) is 3. The van der Waals surface area contributed by atoms with Crippen molar-refractivity contribution in [1.82, 2.24) is 20.0 Å². The second-order valence-electron chi connectivity index (χ2n) is 5.51. The van der Waals surface area contributed by atoms with Crippen LogP contribution in [-0.2, 0) is 13.6 Å². The molecule has 0 unspecified atom stereocenters. The van der Waals surface area contributed by atoms with E-state index in [1.807, 2.05) is 14.0 Å². The highest BCUT2D eigenvalue weighted by atomic mass is 16.5. The molecule has 1 aromatic rings. The highest BCUT2D eigenvalue weighted by Gasteiger charge is 2.20. The predicted octanol–water partition coefficient (Wildman–Crippen LogP) is 1.17. The van der Waals surface area contributed by atoms with Crippen molar-refractivity contribution >= 4 is 0 Å². The van der Waals surface area contributed by atoms with E-state index in [9.17, 15) is 0 Å². The maximum atomic E-state index is 5.38. The van der Waals surface area contributed by atoms with Crippen molar-refractivity contribution in [2.24, 2.45) is 7.05 Å². The van der Waals surface area contributed by atoms with E-state index >= 15 is 0 Å². The summed E-state index contributed by atoms with van der Waals surface area (Å²) in [6.45, 7) is 8.13. The van der Waals surface area contributed by atoms with E-state index in [0.717, 1.165) is 30.2 Å². The standard InChI is InChI=1S/C13H26N4O/c1-10-11(12(18-7)17(6)15-10)8-14-9-13(2,3)16(4)5/h14H,8-9H2,1-7H3. The minimum Gasteiger partial charge on any atom is -0.481 e. The van der Waals surface area contributed by atoms with E-state index in [4.69, 9.17) is 4.74 Å². The normalized spacial score (nSPS) is 12.2. The quantitative estimate of drug-likeness (QED) is 0.827. The van der Waals surface area contributed by atoms with Gasteiger partial charge >= 0.3 is 0 Å². The number of ether oxygens (including phenoxy) is 1. The lowest BCUT2D eigenvalue weighted by molar-refractivity contribution is 0.189. The van der Waals surface area contributed by atoms with Gasteiger partial charge in [0.15, 0.2) is 0 Å². The van der Waals surface area contributed by atoms with Crippen LogP contribution >= 0.6 is 0 Å². The minimum atomic E-state index is 0.128. The molecule has 5 nitrogen and oxygen atoms in total. The number of aromatic nitrogens is 2. The Morgan fingerprint density at radius 3 is 2.50 bits per heavy atom. The molecular formula is C13H26N4O. The molecule has 1 rings (SSSR count). The van der Waals surface area contributed by atoms with Gasteiger partial charge in [0.25, 0.3) is 0 Å². The predicted molar refractivity (Wildman–Crippen MR) is 74.0 cm³/mol. The summed E-state index contributed by atoms with van der Waals surface area (Å²) < 4.78 is 7.16. The fourth-order valence-corrected chi connectivity index (χ4v) is 1.79. The van der Waals surface area contributed by atoms with Crippen molar-refractivity contribution < 1.29 is 4.74 Å². The zero-order valence-corrected chi connectivity index (χ0v) is 12.7. The molecule has 0 spiro atoms. The third-order valence-corrected chi connectivity index (χ3v) is 3.55. The summed E-state index contributed by atoms with van der Waals surface area (Å²) in [5.41, 5.74) is 2.28. The van der Waals surface area contributed by atoms with Gasteiger partial charge in [-0.05, 0) is 34.9 Å². The Morgan fingerprint density at radius 2 is 2.00 bits per heavy atom. The zero-order chi connectivity index (χ0) is 13.9. The molecule has 1 aromatic heterocycles. The molecule has 0 fully saturated rings. The largest absolute Gasteiger partial charge is 0.481 e. The van der Waals surface area contributed by atoms with Gasteiger partial charge in [-0.25, -0.2) is 4.68 Å². The maximum absolute atomic E-state index is 5.38. The molecule has 0 saturated heterocycles. The fraction of sp³-hybridized carbons (Fsp3) is 0.769. The van der Waals surface area contributed by atoms with Crippen LogP contribution in [0.5, 0.6) is 5.88 Å². The van der Waals surface area contributed by atoms with Crippen LogP contribution in [0.4, 0.5) is 0 Å². The molecule has 0 amide bonds. The van der Waals surface area contributed by atoms with E-state index in [2.05, 4.69) is 43.3 Å². The number of hydrogen-bond acceptors (Lipinski definition) is 4. The number of likely N-dealkylation sites (N-methyl/N-ethyl adjacent to an activating group) is 1. The molecule has 18 heavy (non-hydrogen) atoms. The monoisotopic (exact) mass is 254 g/mol. The summed E-state index contributed by atoms with van der Waals surface area (Å²) in [5, 5.41) is 7.85. The average Bonchev–Trinajstić information content (AvgIpc) is 2.53. The molecule has 0 saturated carbocycles. The van der Waals surface area contributed by atoms with Gasteiger partial charge in [0.1, 0.15) is 0 Å². The smallest absolute Gasteiger partial charge is 0.216 e. The lowest BCUT2D eigenvalue weighted by Gasteiger charge is -2.32. The molecule has 1 heterocycles. The number of rotatable bonds is 6. The van der Waals surface area contributed by atoms with Crippen molar-refractivity contribution in [2.45, 2.75) is 32.9 Å². The Labute approximate surface area is 110 Å². The van der Waals surface area contributed by atoms with E-state index in [1.54, 1.807) is 11.8 Å². The van der Waals surface area contributed by atoms with Crippen LogP contribution in [0.2, 0.25) is 0 Å². The molecule has 1 N–H and O–H groups in total. The van der Waals surface area contributed by atoms with Gasteiger partial charge in [0, 0.05) is 25.7 Å². The molecule has 5 heteroatoms. The highest BCUT2D eigenvalue weighted by molar-refractivity contribution is 5.30. The van der Waals surface area contributed by atoms with Crippen molar-refractivity contribution in [3.05, 3.63) is 11.3 Å². The Balaban J connectivity index is 2.65. The Hall–Kier alpha value is -1.07. The summed E-state index contributed by atoms with van der Waals surface area (Å²) in [7, 11) is 7.78. The summed E-state index contributed by atoms with van der Waals surface area (Å²) in [6.07, 6.45) is 0. The van der Waals surface area contributed by atoms with Crippen LogP contribution in [0.25, 0.3) is 0 Å². The number of nitrogens with one attached hydrogen (secondary N) is 1. The average molecular weight is 254 g/mol. The second-order valence-corrected chi connectivity index (χ2v) is 5.51. The van der Waals surface area contributed by atoms with Crippen molar-refractivity contribution in [1.29, 1.82) is 0 Å². The fourth-order valence-electron chi connectivity index (χ4n) is 1.79. The number of methoxy groups -OCH3 is 1. The van der Waals surface area contributed by atoms with Crippen molar-refractivity contribution in [3.8, 4) is 5.88 Å². The van der Waals surface area contributed by atoms with Gasteiger partial charge in [-0.1, -0.05) is 0 Å². The molecule has 0 aliphatic rings. The summed E-state index contributed by atoms with van der Waals surface area (Å²) in [6, 6.07) is 0. The molecule has 0 aliphatic carbocycles. The van der Waals surface area contributed by atoms with Crippen LogP contribution in [0.3, 0.4) is 0 Å². The number of hydrogen-bond donors (Lipinski definition) is 1. The van der Waals surface area contributed by atoms with Gasteiger partial charge < -0.3 is 15.0 Å². The first-order valence-electron chi connectivity index (χ1n) is 6.24. The third kappa shape index (κ3) is 3.23. The molecule has 0 aliphatic heterocycles. The van der Waals surface area contributed by atoms with Crippen molar-refractivity contribution in [2.75, 3.05) is 27.7 Å². The zero-order valence-electron chi connectivity index (χ0n) is 12.7. The first-order chi connectivity index (χ1) is 8.29. The van der Waals surface area contributed by atoms with E-state index < -0.39 is 0 Å². The lowest BCUT2D eigenvalue weighted by atomic mass is 10.0. The van der Waals surface area contributed by atoms with Gasteiger partial charge in [-0.3, -0.25) is 0 Å². The SMILES string of the molecule is COc1c(CNCC(C)(C)N(C)C)c(C)nn1C. The van der Waals surface area contributed by atoms with Crippen LogP contribution in [0.15, 0.2) is 0 Å². The van der Waals surface area contributed by atoms with E-state index in [-0.39, 0.29) is 5.54 Å². The van der Waals surface area contributed by atoms with E-state index in [0.29, 0.717) is 0 Å². The molecule has 104 valence electrons. The summed E-state index contributed by atoms with van der Waals surface area (Å²) >= 11 is 0. The second kappa shape index (κ2) is 5.71. The first kappa shape index (κ1) is 15.0. The minimum absolute atomic E-state index is 0.128. The van der Waals surface area contributed by atoms with Gasteiger partial charge in [-0.15, -0.1) is 0 Å². The summed E-state index contributed by atoms with van der Waals surface area (Å²) in [4.78, 5) is 2.22. The molecular weight excluding hydrogens is 228 g/mol. The first-order valence-corrected chi connectivity index (χ1v) is 6.24. The third-order valence-electron chi connectivity index (χ3n) is 3.55. The van der Waals surface area contributed by atoms with Crippen LogP contribution in [-0.4, -0.2) is 48.0 Å². The Bertz CT molecular complexity index is 396. The Morgan fingerprint density at radius 1 is 1.39 bits per heavy atom.